The van der Waals surface area contributed by atoms with Crippen LogP contribution in [0.1, 0.15) is 0 Å². The molecule has 1 amide bonds. The number of ether oxygens (including phenoxy) is 1. The Morgan fingerprint density at radius 3 is 2.87 bits per heavy atom. The van der Waals surface area contributed by atoms with Crippen molar-refractivity contribution in [2.45, 2.75) is 6.04 Å². The van der Waals surface area contributed by atoms with Crippen molar-refractivity contribution in [3.63, 3.8) is 0 Å². The van der Waals surface area contributed by atoms with Crippen LogP contribution in [0.4, 0.5) is 0 Å². The van der Waals surface area contributed by atoms with Crippen LogP contribution in [0.3, 0.4) is 0 Å². The highest BCUT2D eigenvalue weighted by Crippen LogP contribution is 2.14. The Balaban J connectivity index is 2.57. The van der Waals surface area contributed by atoms with Crippen LogP contribution in [0.15, 0.2) is 12.7 Å². The normalized spacial score (nSPS) is 25.2. The molecule has 0 radical (unpaired) electrons. The summed E-state index contributed by atoms with van der Waals surface area (Å²) >= 11 is 0. The first-order valence-electron chi connectivity index (χ1n) is 5.04. The highest BCUT2D eigenvalue weighted by molar-refractivity contribution is 5.80. The minimum atomic E-state index is -0.281. The summed E-state index contributed by atoms with van der Waals surface area (Å²) in [6.45, 7) is 5.07. The summed E-state index contributed by atoms with van der Waals surface area (Å²) < 4.78 is 5.14. The van der Waals surface area contributed by atoms with Gasteiger partial charge in [-0.1, -0.05) is 6.08 Å². The van der Waals surface area contributed by atoms with E-state index in [4.69, 9.17) is 15.6 Å². The molecule has 1 saturated heterocycles. The molecule has 0 aromatic heterocycles. The Morgan fingerprint density at radius 2 is 2.40 bits per heavy atom. The average Bonchev–Trinajstić information content (AvgIpc) is 2.63. The molecule has 0 spiro atoms. The smallest absolute Gasteiger partial charge is 0.230 e. The van der Waals surface area contributed by atoms with Crippen molar-refractivity contribution in [1.82, 2.24) is 4.90 Å². The second kappa shape index (κ2) is 5.85. The lowest BCUT2D eigenvalue weighted by molar-refractivity contribution is -0.135. The van der Waals surface area contributed by atoms with Gasteiger partial charge in [-0.25, -0.2) is 0 Å². The van der Waals surface area contributed by atoms with E-state index in [9.17, 15) is 4.79 Å². The van der Waals surface area contributed by atoms with Crippen molar-refractivity contribution in [3.8, 4) is 0 Å². The first-order valence-corrected chi connectivity index (χ1v) is 5.04. The summed E-state index contributed by atoms with van der Waals surface area (Å²) in [5.41, 5.74) is 5.75. The third-order valence-corrected chi connectivity index (χ3v) is 2.47. The Bertz CT molecular complexity index is 233. The van der Waals surface area contributed by atoms with Crippen LogP contribution < -0.4 is 5.73 Å². The summed E-state index contributed by atoms with van der Waals surface area (Å²) in [7, 11) is 0. The molecule has 0 aromatic rings. The SMILES string of the molecule is C=CCN(CCO)C(=O)C1COCC1N. The molecule has 1 aliphatic rings. The minimum absolute atomic E-state index is 0.0532. The summed E-state index contributed by atoms with van der Waals surface area (Å²) in [4.78, 5) is 13.5. The maximum absolute atomic E-state index is 11.9. The van der Waals surface area contributed by atoms with Crippen LogP contribution >= 0.6 is 0 Å². The molecule has 5 heteroatoms. The highest BCUT2D eigenvalue weighted by atomic mass is 16.5. The molecule has 1 heterocycles. The fourth-order valence-corrected chi connectivity index (χ4v) is 1.63. The van der Waals surface area contributed by atoms with Gasteiger partial charge in [-0.15, -0.1) is 6.58 Å². The fraction of sp³-hybridized carbons (Fsp3) is 0.700. The van der Waals surface area contributed by atoms with Gasteiger partial charge in [0.25, 0.3) is 0 Å². The van der Waals surface area contributed by atoms with Crippen molar-refractivity contribution in [1.29, 1.82) is 0 Å². The Labute approximate surface area is 89.5 Å². The lowest BCUT2D eigenvalue weighted by Gasteiger charge is -2.24. The third kappa shape index (κ3) is 3.02. The van der Waals surface area contributed by atoms with Gasteiger partial charge in [0, 0.05) is 19.1 Å². The van der Waals surface area contributed by atoms with Crippen LogP contribution in [0.2, 0.25) is 0 Å². The van der Waals surface area contributed by atoms with Crippen molar-refractivity contribution in [2.24, 2.45) is 11.7 Å². The zero-order valence-corrected chi connectivity index (χ0v) is 8.76. The van der Waals surface area contributed by atoms with E-state index in [2.05, 4.69) is 6.58 Å². The van der Waals surface area contributed by atoms with Crippen molar-refractivity contribution >= 4 is 5.91 Å². The van der Waals surface area contributed by atoms with E-state index in [1.54, 1.807) is 11.0 Å². The molecule has 1 fully saturated rings. The van der Waals surface area contributed by atoms with E-state index in [1.807, 2.05) is 0 Å². The van der Waals surface area contributed by atoms with Crippen LogP contribution in [0.25, 0.3) is 0 Å². The second-order valence-electron chi connectivity index (χ2n) is 3.60. The number of carbonyl (C=O) groups is 1. The number of nitrogens with zero attached hydrogens (tertiary/aromatic N) is 1. The van der Waals surface area contributed by atoms with Gasteiger partial charge >= 0.3 is 0 Å². The lowest BCUT2D eigenvalue weighted by Crippen LogP contribution is -2.44. The molecule has 2 atom stereocenters. The van der Waals surface area contributed by atoms with Crippen LogP contribution in [0.5, 0.6) is 0 Å². The molecule has 15 heavy (non-hydrogen) atoms. The largest absolute Gasteiger partial charge is 0.395 e. The number of hydrogen-bond donors (Lipinski definition) is 2. The molecular formula is C10H18N2O3. The summed E-state index contributed by atoms with van der Waals surface area (Å²) in [6, 6.07) is -0.233. The fourth-order valence-electron chi connectivity index (χ4n) is 1.63. The molecule has 2 unspecified atom stereocenters. The number of carbonyl (C=O) groups excluding carboxylic acids is 1. The topological polar surface area (TPSA) is 75.8 Å². The van der Waals surface area contributed by atoms with Crippen LogP contribution in [0, 0.1) is 5.92 Å². The summed E-state index contributed by atoms with van der Waals surface area (Å²) in [6.07, 6.45) is 1.63. The minimum Gasteiger partial charge on any atom is -0.395 e. The Hall–Kier alpha value is -0.910. The molecule has 0 saturated carbocycles. The number of nitrogens with two attached hydrogens (primary N) is 1. The molecule has 5 nitrogen and oxygen atoms in total. The first kappa shape index (κ1) is 12.2. The van der Waals surface area contributed by atoms with Crippen molar-refractivity contribution in [2.75, 3.05) is 32.9 Å². The second-order valence-corrected chi connectivity index (χ2v) is 3.60. The van der Waals surface area contributed by atoms with Crippen molar-refractivity contribution < 1.29 is 14.6 Å². The molecule has 3 N–H and O–H groups in total. The number of hydrogen-bond acceptors (Lipinski definition) is 4. The van der Waals surface area contributed by atoms with E-state index in [1.165, 1.54) is 0 Å². The zero-order chi connectivity index (χ0) is 11.3. The van der Waals surface area contributed by atoms with Gasteiger partial charge in [-0.2, -0.15) is 0 Å². The molecule has 0 aliphatic carbocycles. The van der Waals surface area contributed by atoms with E-state index in [0.29, 0.717) is 26.3 Å². The van der Waals surface area contributed by atoms with Crippen molar-refractivity contribution in [3.05, 3.63) is 12.7 Å². The maximum Gasteiger partial charge on any atom is 0.230 e. The molecule has 86 valence electrons. The molecule has 0 bridgehead atoms. The number of aliphatic hydroxyl groups is 1. The highest BCUT2D eigenvalue weighted by Gasteiger charge is 2.33. The predicted molar refractivity (Wildman–Crippen MR) is 56.1 cm³/mol. The predicted octanol–water partition coefficient (Wildman–Crippen LogP) is -1.03. The maximum atomic E-state index is 11.9. The Kier molecular flexibility index (Phi) is 4.74. The van der Waals surface area contributed by atoms with Gasteiger partial charge in [0.05, 0.1) is 25.7 Å². The lowest BCUT2D eigenvalue weighted by atomic mass is 10.0. The molecule has 1 aliphatic heterocycles. The number of rotatable bonds is 5. The van der Waals surface area contributed by atoms with Gasteiger partial charge in [0.1, 0.15) is 0 Å². The van der Waals surface area contributed by atoms with Gasteiger partial charge in [0.2, 0.25) is 5.91 Å². The molecular weight excluding hydrogens is 196 g/mol. The summed E-state index contributed by atoms with van der Waals surface area (Å²) in [5, 5.41) is 8.83. The van der Waals surface area contributed by atoms with Gasteiger partial charge in [-0.3, -0.25) is 4.79 Å². The summed E-state index contributed by atoms with van der Waals surface area (Å²) in [5.74, 6) is -0.342. The van der Waals surface area contributed by atoms with Gasteiger partial charge in [-0.05, 0) is 0 Å². The third-order valence-electron chi connectivity index (χ3n) is 2.47. The standard InChI is InChI=1S/C10H18N2O3/c1-2-3-12(4-5-13)10(14)8-6-15-7-9(8)11/h2,8-9,13H,1,3-7,11H2. The van der Waals surface area contributed by atoms with Crippen LogP contribution in [-0.2, 0) is 9.53 Å². The number of aliphatic hydroxyl groups excluding tert-OH is 1. The van der Waals surface area contributed by atoms with E-state index in [-0.39, 0.29) is 24.5 Å². The zero-order valence-electron chi connectivity index (χ0n) is 8.76. The monoisotopic (exact) mass is 214 g/mol. The van der Waals surface area contributed by atoms with Gasteiger partial charge in [0.15, 0.2) is 0 Å². The number of amides is 1. The molecule has 1 rings (SSSR count). The molecule has 0 aromatic carbocycles. The van der Waals surface area contributed by atoms with E-state index < -0.39 is 0 Å². The van der Waals surface area contributed by atoms with Crippen LogP contribution in [-0.4, -0.2) is 54.9 Å². The Morgan fingerprint density at radius 1 is 1.67 bits per heavy atom. The first-order chi connectivity index (χ1) is 7.20. The van der Waals surface area contributed by atoms with E-state index >= 15 is 0 Å². The van der Waals surface area contributed by atoms with E-state index in [0.717, 1.165) is 0 Å². The quantitative estimate of drug-likeness (QED) is 0.574. The average molecular weight is 214 g/mol. The van der Waals surface area contributed by atoms with Gasteiger partial charge < -0.3 is 20.5 Å².